The van der Waals surface area contributed by atoms with Crippen LogP contribution in [0, 0.1) is 11.8 Å². The number of hydrogen-bond acceptors (Lipinski definition) is 3. The quantitative estimate of drug-likeness (QED) is 0.810. The lowest BCUT2D eigenvalue weighted by Crippen LogP contribution is -2.48. The number of carbonyl (C=O) groups excluding carboxylic acids is 1. The normalized spacial score (nSPS) is 19.1. The third-order valence-electron chi connectivity index (χ3n) is 4.40. The minimum atomic E-state index is -0.315. The van der Waals surface area contributed by atoms with Gasteiger partial charge in [0.05, 0.1) is 6.04 Å². The first-order valence-corrected chi connectivity index (χ1v) is 8.05. The van der Waals surface area contributed by atoms with Gasteiger partial charge in [0, 0.05) is 25.7 Å². The predicted molar refractivity (Wildman–Crippen MR) is 84.5 cm³/mol. The molecule has 1 amide bonds. The molecule has 118 valence electrons. The van der Waals surface area contributed by atoms with Crippen molar-refractivity contribution in [3.05, 3.63) is 0 Å². The maximum atomic E-state index is 12.3. The minimum Gasteiger partial charge on any atom is -0.341 e. The largest absolute Gasteiger partial charge is 0.341 e. The highest BCUT2D eigenvalue weighted by atomic mass is 16.2. The van der Waals surface area contributed by atoms with E-state index in [1.54, 1.807) is 0 Å². The van der Waals surface area contributed by atoms with Crippen molar-refractivity contribution in [1.82, 2.24) is 9.80 Å². The van der Waals surface area contributed by atoms with Crippen molar-refractivity contribution in [2.24, 2.45) is 17.6 Å². The summed E-state index contributed by atoms with van der Waals surface area (Å²) >= 11 is 0. The molecular formula is C16H33N3O. The fourth-order valence-electron chi connectivity index (χ4n) is 2.80. The standard InChI is InChI=1S/C16H33N3O/c1-12(2)10-15(17)16(20)19-8-6-14(7-9-19)11-18(5)13(3)4/h12-15H,6-11,17H2,1-5H3/t15-/m0/s1. The summed E-state index contributed by atoms with van der Waals surface area (Å²) in [6.45, 7) is 11.6. The lowest BCUT2D eigenvalue weighted by molar-refractivity contribution is -0.134. The lowest BCUT2D eigenvalue weighted by Gasteiger charge is -2.36. The van der Waals surface area contributed by atoms with E-state index in [2.05, 4.69) is 39.6 Å². The zero-order valence-electron chi connectivity index (χ0n) is 13.9. The Hall–Kier alpha value is -0.610. The average molecular weight is 283 g/mol. The van der Waals surface area contributed by atoms with Crippen molar-refractivity contribution in [1.29, 1.82) is 0 Å². The maximum absolute atomic E-state index is 12.3. The number of hydrogen-bond donors (Lipinski definition) is 1. The summed E-state index contributed by atoms with van der Waals surface area (Å²) in [5.41, 5.74) is 6.00. The molecule has 0 aliphatic carbocycles. The second-order valence-electron chi connectivity index (χ2n) is 7.04. The molecule has 0 aromatic heterocycles. The molecule has 1 aliphatic heterocycles. The fraction of sp³-hybridized carbons (Fsp3) is 0.938. The van der Waals surface area contributed by atoms with Crippen LogP contribution in [0.1, 0.15) is 47.0 Å². The van der Waals surface area contributed by atoms with Gasteiger partial charge in [0.1, 0.15) is 0 Å². The second-order valence-corrected chi connectivity index (χ2v) is 7.04. The molecule has 1 heterocycles. The van der Waals surface area contributed by atoms with Crippen LogP contribution in [0.15, 0.2) is 0 Å². The van der Waals surface area contributed by atoms with E-state index in [0.29, 0.717) is 17.9 Å². The van der Waals surface area contributed by atoms with Crippen LogP contribution in [-0.2, 0) is 4.79 Å². The highest BCUT2D eigenvalue weighted by Gasteiger charge is 2.27. The highest BCUT2D eigenvalue weighted by Crippen LogP contribution is 2.20. The monoisotopic (exact) mass is 283 g/mol. The van der Waals surface area contributed by atoms with E-state index < -0.39 is 0 Å². The van der Waals surface area contributed by atoms with Crippen molar-refractivity contribution in [3.8, 4) is 0 Å². The van der Waals surface area contributed by atoms with Crippen molar-refractivity contribution < 1.29 is 4.79 Å². The van der Waals surface area contributed by atoms with Gasteiger partial charge in [0.25, 0.3) is 0 Å². The SMILES string of the molecule is CC(C)C[C@H](N)C(=O)N1CCC(CN(C)C(C)C)CC1. The third-order valence-corrected chi connectivity index (χ3v) is 4.40. The molecule has 20 heavy (non-hydrogen) atoms. The van der Waals surface area contributed by atoms with Gasteiger partial charge in [-0.2, -0.15) is 0 Å². The molecule has 0 radical (unpaired) electrons. The van der Waals surface area contributed by atoms with E-state index in [-0.39, 0.29) is 11.9 Å². The van der Waals surface area contributed by atoms with E-state index in [9.17, 15) is 4.79 Å². The summed E-state index contributed by atoms with van der Waals surface area (Å²) in [7, 11) is 2.18. The molecule has 0 aromatic carbocycles. The molecule has 1 atom stereocenters. The molecule has 0 bridgehead atoms. The van der Waals surface area contributed by atoms with E-state index >= 15 is 0 Å². The topological polar surface area (TPSA) is 49.6 Å². The molecule has 1 fully saturated rings. The Kier molecular flexibility index (Phi) is 6.96. The first kappa shape index (κ1) is 17.4. The van der Waals surface area contributed by atoms with Gasteiger partial charge in [-0.25, -0.2) is 0 Å². The Bertz CT molecular complexity index is 296. The van der Waals surface area contributed by atoms with Gasteiger partial charge in [-0.1, -0.05) is 13.8 Å². The Morgan fingerprint density at radius 3 is 2.25 bits per heavy atom. The summed E-state index contributed by atoms with van der Waals surface area (Å²) < 4.78 is 0. The smallest absolute Gasteiger partial charge is 0.239 e. The number of nitrogens with two attached hydrogens (primary N) is 1. The molecule has 1 aliphatic rings. The van der Waals surface area contributed by atoms with Crippen LogP contribution in [0.2, 0.25) is 0 Å². The molecule has 1 saturated heterocycles. The Morgan fingerprint density at radius 2 is 1.80 bits per heavy atom. The van der Waals surface area contributed by atoms with Gasteiger partial charge in [-0.3, -0.25) is 4.79 Å². The number of likely N-dealkylation sites (tertiary alicyclic amines) is 1. The molecular weight excluding hydrogens is 250 g/mol. The highest BCUT2D eigenvalue weighted by molar-refractivity contribution is 5.81. The Labute approximate surface area is 124 Å². The lowest BCUT2D eigenvalue weighted by atomic mass is 9.94. The Balaban J connectivity index is 2.36. The van der Waals surface area contributed by atoms with Crippen LogP contribution in [0.5, 0.6) is 0 Å². The fourth-order valence-corrected chi connectivity index (χ4v) is 2.80. The van der Waals surface area contributed by atoms with E-state index in [4.69, 9.17) is 5.73 Å². The van der Waals surface area contributed by atoms with Crippen molar-refractivity contribution >= 4 is 5.91 Å². The molecule has 4 nitrogen and oxygen atoms in total. The second kappa shape index (κ2) is 7.99. The Morgan fingerprint density at radius 1 is 1.25 bits per heavy atom. The van der Waals surface area contributed by atoms with Gasteiger partial charge >= 0.3 is 0 Å². The van der Waals surface area contributed by atoms with Crippen LogP contribution in [0.4, 0.5) is 0 Å². The van der Waals surface area contributed by atoms with E-state index in [0.717, 1.165) is 38.9 Å². The molecule has 0 saturated carbocycles. The summed E-state index contributed by atoms with van der Waals surface area (Å²) in [6, 6.07) is 0.277. The third kappa shape index (κ3) is 5.41. The molecule has 2 N–H and O–H groups in total. The van der Waals surface area contributed by atoms with Crippen LogP contribution >= 0.6 is 0 Å². The molecule has 4 heteroatoms. The number of rotatable bonds is 6. The van der Waals surface area contributed by atoms with Gasteiger partial charge in [0.2, 0.25) is 5.91 Å². The minimum absolute atomic E-state index is 0.148. The zero-order chi connectivity index (χ0) is 15.3. The first-order valence-electron chi connectivity index (χ1n) is 8.05. The van der Waals surface area contributed by atoms with Gasteiger partial charge in [-0.15, -0.1) is 0 Å². The van der Waals surface area contributed by atoms with Crippen molar-refractivity contribution in [3.63, 3.8) is 0 Å². The van der Waals surface area contributed by atoms with Crippen LogP contribution in [-0.4, -0.2) is 54.5 Å². The summed E-state index contributed by atoms with van der Waals surface area (Å²) in [5, 5.41) is 0. The number of nitrogens with zero attached hydrogens (tertiary/aromatic N) is 2. The van der Waals surface area contributed by atoms with Crippen molar-refractivity contribution in [2.75, 3.05) is 26.7 Å². The molecule has 1 rings (SSSR count). The first-order chi connectivity index (χ1) is 9.31. The number of carbonyl (C=O) groups is 1. The van der Waals surface area contributed by atoms with E-state index in [1.807, 2.05) is 4.90 Å². The molecule has 0 aromatic rings. The van der Waals surface area contributed by atoms with Crippen molar-refractivity contribution in [2.45, 2.75) is 59.0 Å². The number of amides is 1. The van der Waals surface area contributed by atoms with Crippen LogP contribution < -0.4 is 5.73 Å². The molecule has 0 unspecified atom stereocenters. The van der Waals surface area contributed by atoms with Gasteiger partial charge < -0.3 is 15.5 Å². The van der Waals surface area contributed by atoms with Crippen LogP contribution in [0.25, 0.3) is 0 Å². The maximum Gasteiger partial charge on any atom is 0.239 e. The average Bonchev–Trinajstić information content (AvgIpc) is 2.37. The summed E-state index contributed by atoms with van der Waals surface area (Å²) in [4.78, 5) is 16.6. The van der Waals surface area contributed by atoms with Crippen LogP contribution in [0.3, 0.4) is 0 Å². The zero-order valence-corrected chi connectivity index (χ0v) is 13.9. The van der Waals surface area contributed by atoms with E-state index in [1.165, 1.54) is 0 Å². The summed E-state index contributed by atoms with van der Waals surface area (Å²) in [5.74, 6) is 1.34. The molecule has 0 spiro atoms. The number of piperidine rings is 1. The summed E-state index contributed by atoms with van der Waals surface area (Å²) in [6.07, 6.45) is 3.00. The van der Waals surface area contributed by atoms with Gasteiger partial charge in [0.15, 0.2) is 0 Å². The predicted octanol–water partition coefficient (Wildman–Crippen LogP) is 1.94. The van der Waals surface area contributed by atoms with Gasteiger partial charge in [-0.05, 0) is 52.0 Å².